The first-order valence-electron chi connectivity index (χ1n) is 9.09. The van der Waals surface area contributed by atoms with Gasteiger partial charge in [0.15, 0.2) is 6.10 Å². The van der Waals surface area contributed by atoms with Crippen molar-refractivity contribution in [1.29, 1.82) is 0 Å². The minimum Gasteiger partial charge on any atom is -0.479 e. The average molecular weight is 341 g/mol. The topological polar surface area (TPSA) is 57.5 Å². The number of unbranched alkanes of at least 4 members (excludes halogenated alkanes) is 13. The summed E-state index contributed by atoms with van der Waals surface area (Å²) >= 11 is 0. The molecule has 0 aliphatic heterocycles. The van der Waals surface area contributed by atoms with Gasteiger partial charge in [0.25, 0.3) is 0 Å². The monoisotopic (exact) mass is 340 g/mol. The number of carbonyl (C=O) groups is 1. The number of aliphatic hydroxyl groups excluding tert-OH is 1. The summed E-state index contributed by atoms with van der Waals surface area (Å²) in [7, 11) is 0. The van der Waals surface area contributed by atoms with Crippen LogP contribution in [0.5, 0.6) is 0 Å². The molecule has 0 fully saturated rings. The van der Waals surface area contributed by atoms with E-state index in [2.05, 4.69) is 6.92 Å². The van der Waals surface area contributed by atoms with Crippen molar-refractivity contribution in [2.24, 2.45) is 0 Å². The molecular weight excluding hydrogens is 304 g/mol. The molecule has 2 N–H and O–H groups in total. The van der Waals surface area contributed by atoms with Crippen LogP contribution in [0, 0.1) is 0 Å². The number of rotatable bonds is 16. The molecule has 3 nitrogen and oxygen atoms in total. The minimum atomic E-state index is -1.16. The van der Waals surface area contributed by atoms with E-state index >= 15 is 0 Å². The summed E-state index contributed by atoms with van der Waals surface area (Å²) in [5, 5.41) is 17.7. The molecule has 4 heteroatoms. The molecule has 0 aliphatic rings. The van der Waals surface area contributed by atoms with Gasteiger partial charge < -0.3 is 10.2 Å². The zero-order valence-electron chi connectivity index (χ0n) is 14.7. The molecule has 22 heavy (non-hydrogen) atoms. The Labute approximate surface area is 167 Å². The maximum absolute atomic E-state index is 10.4. The van der Waals surface area contributed by atoms with Crippen molar-refractivity contribution in [1.82, 2.24) is 0 Å². The first-order chi connectivity index (χ1) is 10.2. The normalized spacial score (nSPS) is 11.9. The van der Waals surface area contributed by atoms with Crippen LogP contribution >= 0.6 is 0 Å². The predicted molar refractivity (Wildman–Crippen MR) is 94.3 cm³/mol. The van der Waals surface area contributed by atoms with Crippen LogP contribution in [0.2, 0.25) is 0 Å². The Bertz CT molecular complexity index is 234. The van der Waals surface area contributed by atoms with Crippen LogP contribution in [-0.2, 0) is 4.79 Å². The number of aliphatic carboxylic acids is 1. The first kappa shape index (κ1) is 24.9. The molecule has 0 aromatic rings. The van der Waals surface area contributed by atoms with Crippen molar-refractivity contribution in [3.8, 4) is 0 Å². The fourth-order valence-electron chi connectivity index (χ4n) is 2.66. The summed E-state index contributed by atoms with van der Waals surface area (Å²) in [4.78, 5) is 10.4. The zero-order valence-corrected chi connectivity index (χ0v) is 16.9. The average Bonchev–Trinajstić information content (AvgIpc) is 2.47. The van der Waals surface area contributed by atoms with Crippen LogP contribution in [0.3, 0.4) is 0 Å². The third-order valence-electron chi connectivity index (χ3n) is 4.12. The molecule has 0 spiro atoms. The van der Waals surface area contributed by atoms with Gasteiger partial charge in [0, 0.05) is 37.7 Å². The largest absolute Gasteiger partial charge is 0.479 e. The van der Waals surface area contributed by atoms with Crippen LogP contribution in [0.1, 0.15) is 103 Å². The summed E-state index contributed by atoms with van der Waals surface area (Å²) in [5.74, 6) is -1.09. The maximum atomic E-state index is 10.4. The Morgan fingerprint density at radius 2 is 1.05 bits per heavy atom. The fourth-order valence-corrected chi connectivity index (χ4v) is 2.66. The van der Waals surface area contributed by atoms with Crippen molar-refractivity contribution in [2.45, 2.75) is 109 Å². The number of hydrogen-bond donors (Lipinski definition) is 2. The standard InChI is InChI=1S/C18H36O3.Ca/c1-2-3-4-5-6-7-8-9-10-11-12-13-14-15-16-17(19)18(20)21;/h17,19H,2-16H2,1H3,(H,20,21);. The molecule has 0 bridgehead atoms. The molecule has 0 rings (SSSR count). The van der Waals surface area contributed by atoms with Crippen molar-refractivity contribution in [3.05, 3.63) is 0 Å². The number of hydrogen-bond acceptors (Lipinski definition) is 2. The fraction of sp³-hybridized carbons (Fsp3) is 0.944. The van der Waals surface area contributed by atoms with Gasteiger partial charge in [0.05, 0.1) is 0 Å². The van der Waals surface area contributed by atoms with E-state index in [4.69, 9.17) is 10.2 Å². The summed E-state index contributed by atoms with van der Waals surface area (Å²) in [6.45, 7) is 2.26. The Hall–Kier alpha value is 0.690. The van der Waals surface area contributed by atoms with Crippen LogP contribution in [0.4, 0.5) is 0 Å². The number of aliphatic hydroxyl groups is 1. The second-order valence-corrected chi connectivity index (χ2v) is 6.24. The van der Waals surface area contributed by atoms with E-state index in [1.165, 1.54) is 77.0 Å². The molecule has 1 unspecified atom stereocenters. The molecule has 0 saturated heterocycles. The Morgan fingerprint density at radius 1 is 0.727 bits per heavy atom. The number of carboxylic acids is 1. The molecule has 1 atom stereocenters. The molecule has 0 heterocycles. The van der Waals surface area contributed by atoms with E-state index in [9.17, 15) is 4.79 Å². The van der Waals surface area contributed by atoms with Gasteiger partial charge in [-0.1, -0.05) is 96.8 Å². The van der Waals surface area contributed by atoms with Gasteiger partial charge >= 0.3 is 5.97 Å². The zero-order chi connectivity index (χ0) is 15.8. The summed E-state index contributed by atoms with van der Waals surface area (Å²) in [5.41, 5.74) is 0. The maximum Gasteiger partial charge on any atom is 0.332 e. The third kappa shape index (κ3) is 18.7. The minimum absolute atomic E-state index is 0. The third-order valence-corrected chi connectivity index (χ3v) is 4.12. The van der Waals surface area contributed by atoms with E-state index in [0.29, 0.717) is 6.42 Å². The molecule has 128 valence electrons. The number of carboxylic acid groups (broad SMARTS) is 1. The van der Waals surface area contributed by atoms with Gasteiger partial charge in [-0.2, -0.15) is 0 Å². The van der Waals surface area contributed by atoms with Crippen molar-refractivity contribution in [3.63, 3.8) is 0 Å². The van der Waals surface area contributed by atoms with Gasteiger partial charge in [0.2, 0.25) is 0 Å². The smallest absolute Gasteiger partial charge is 0.332 e. The summed E-state index contributed by atoms with van der Waals surface area (Å²) in [6, 6.07) is 0. The van der Waals surface area contributed by atoms with Gasteiger partial charge in [-0.25, -0.2) is 4.79 Å². The van der Waals surface area contributed by atoms with E-state index in [1.54, 1.807) is 0 Å². The van der Waals surface area contributed by atoms with Crippen LogP contribution in [-0.4, -0.2) is 60.0 Å². The summed E-state index contributed by atoms with van der Waals surface area (Å²) < 4.78 is 0. The Balaban J connectivity index is 0. The first-order valence-corrected chi connectivity index (χ1v) is 9.09. The molecule has 0 saturated carbocycles. The second kappa shape index (κ2) is 19.7. The molecule has 0 aromatic carbocycles. The van der Waals surface area contributed by atoms with Crippen molar-refractivity contribution in [2.75, 3.05) is 0 Å². The SMILES string of the molecule is CCCCCCCCCCCCCCCCC(O)C(=O)O.[Ca]. The van der Waals surface area contributed by atoms with Gasteiger partial charge in [-0.05, 0) is 6.42 Å². The van der Waals surface area contributed by atoms with Crippen molar-refractivity contribution < 1.29 is 15.0 Å². The molecule has 0 aliphatic carbocycles. The predicted octanol–water partition coefficient (Wildman–Crippen LogP) is 4.92. The quantitative estimate of drug-likeness (QED) is 0.310. The summed E-state index contributed by atoms with van der Waals surface area (Å²) in [6.07, 6.45) is 17.3. The van der Waals surface area contributed by atoms with Gasteiger partial charge in [-0.3, -0.25) is 0 Å². The van der Waals surface area contributed by atoms with Crippen molar-refractivity contribution >= 4 is 43.7 Å². The molecule has 0 amide bonds. The van der Waals surface area contributed by atoms with Gasteiger partial charge in [0.1, 0.15) is 0 Å². The van der Waals surface area contributed by atoms with Gasteiger partial charge in [-0.15, -0.1) is 0 Å². The second-order valence-electron chi connectivity index (χ2n) is 6.24. The van der Waals surface area contributed by atoms with Crippen LogP contribution in [0.25, 0.3) is 0 Å². The Morgan fingerprint density at radius 3 is 1.36 bits per heavy atom. The van der Waals surface area contributed by atoms with Crippen LogP contribution in [0.15, 0.2) is 0 Å². The van der Waals surface area contributed by atoms with E-state index in [0.717, 1.165) is 12.8 Å². The van der Waals surface area contributed by atoms with E-state index < -0.39 is 12.1 Å². The van der Waals surface area contributed by atoms with Crippen LogP contribution < -0.4 is 0 Å². The Kier molecular flexibility index (Phi) is 22.4. The van der Waals surface area contributed by atoms with E-state index in [1.807, 2.05) is 0 Å². The molecule has 0 aromatic heterocycles. The van der Waals surface area contributed by atoms with E-state index in [-0.39, 0.29) is 37.7 Å². The molecule has 2 radical (unpaired) electrons. The molecular formula is C18H36CaO3.